The normalized spacial score (nSPS) is 11.1. The molecule has 0 aliphatic rings. The van der Waals surface area contributed by atoms with E-state index in [1.807, 2.05) is 0 Å². The molecule has 2 aromatic rings. The first-order valence-electron chi connectivity index (χ1n) is 8.05. The van der Waals surface area contributed by atoms with Gasteiger partial charge in [0.05, 0.1) is 5.56 Å². The summed E-state index contributed by atoms with van der Waals surface area (Å²) in [6.45, 7) is 0.263. The number of hydrogen-bond donors (Lipinski definition) is 1. The van der Waals surface area contributed by atoms with Crippen LogP contribution in [0.1, 0.15) is 27.9 Å². The van der Waals surface area contributed by atoms with Crippen LogP contribution in [0.3, 0.4) is 0 Å². The second-order valence-corrected chi connectivity index (χ2v) is 5.91. The van der Waals surface area contributed by atoms with E-state index in [9.17, 15) is 22.8 Å². The number of hydrogen-bond acceptors (Lipinski definition) is 3. The van der Waals surface area contributed by atoms with Gasteiger partial charge in [-0.05, 0) is 35.7 Å². The van der Waals surface area contributed by atoms with Crippen LogP contribution in [0.25, 0.3) is 0 Å². The van der Waals surface area contributed by atoms with Crippen LogP contribution in [0.4, 0.5) is 13.2 Å². The highest BCUT2D eigenvalue weighted by Gasteiger charge is 2.32. The minimum absolute atomic E-state index is 0.0158. The lowest BCUT2D eigenvalue weighted by molar-refractivity contribution is -0.274. The summed E-state index contributed by atoms with van der Waals surface area (Å²) < 4.78 is 41.3. The van der Waals surface area contributed by atoms with Gasteiger partial charge < -0.3 is 14.7 Å². The summed E-state index contributed by atoms with van der Waals surface area (Å²) in [7, 11) is 1.57. The molecule has 0 saturated heterocycles. The van der Waals surface area contributed by atoms with Crippen LogP contribution in [0, 0.1) is 0 Å². The number of amides is 1. The zero-order valence-electron chi connectivity index (χ0n) is 14.5. The van der Waals surface area contributed by atoms with Crippen LogP contribution < -0.4 is 4.74 Å². The quantitative estimate of drug-likeness (QED) is 0.791. The molecule has 8 heteroatoms. The molecule has 0 fully saturated rings. The number of alkyl halides is 3. The lowest BCUT2D eigenvalue weighted by atomic mass is 10.1. The van der Waals surface area contributed by atoms with Crippen LogP contribution >= 0.6 is 0 Å². The first-order chi connectivity index (χ1) is 12.7. The van der Waals surface area contributed by atoms with Crippen molar-refractivity contribution in [1.29, 1.82) is 0 Å². The molecule has 2 rings (SSSR count). The van der Waals surface area contributed by atoms with Crippen molar-refractivity contribution >= 4 is 11.9 Å². The van der Waals surface area contributed by atoms with Crippen LogP contribution in [0.15, 0.2) is 48.5 Å². The number of carboxylic acid groups (broad SMARTS) is 1. The van der Waals surface area contributed by atoms with Gasteiger partial charge in [0.1, 0.15) is 5.75 Å². The number of carbonyl (C=O) groups is 2. The number of aromatic carboxylic acids is 1. The lowest BCUT2D eigenvalue weighted by Crippen LogP contribution is -2.26. The number of para-hydroxylation sites is 1. The molecule has 2 aromatic carbocycles. The molecule has 0 atom stereocenters. The van der Waals surface area contributed by atoms with Crippen molar-refractivity contribution in [2.24, 2.45) is 0 Å². The van der Waals surface area contributed by atoms with E-state index in [1.54, 1.807) is 25.2 Å². The standard InChI is InChI=1S/C19H18F3NO4/c1-23(12-13-6-8-15(9-7-13)18(25)26)17(24)11-10-14-4-2-3-5-16(14)27-19(20,21)22/h2-9H,10-12H2,1H3,(H,25,26). The largest absolute Gasteiger partial charge is 0.573 e. The van der Waals surface area contributed by atoms with E-state index in [-0.39, 0.29) is 36.6 Å². The van der Waals surface area contributed by atoms with Gasteiger partial charge in [0.25, 0.3) is 0 Å². The molecule has 0 saturated carbocycles. The van der Waals surface area contributed by atoms with Crippen LogP contribution in [0.2, 0.25) is 0 Å². The average Bonchev–Trinajstić information content (AvgIpc) is 2.59. The third-order valence-corrected chi connectivity index (χ3v) is 3.85. The molecule has 0 spiro atoms. The zero-order chi connectivity index (χ0) is 20.0. The van der Waals surface area contributed by atoms with Gasteiger partial charge in [0, 0.05) is 20.0 Å². The molecule has 5 nitrogen and oxygen atoms in total. The van der Waals surface area contributed by atoms with Crippen LogP contribution in [-0.2, 0) is 17.8 Å². The Balaban J connectivity index is 1.94. The Labute approximate surface area is 154 Å². The number of aryl methyl sites for hydroxylation is 1. The summed E-state index contributed by atoms with van der Waals surface area (Å²) in [4.78, 5) is 24.5. The molecule has 0 aromatic heterocycles. The van der Waals surface area contributed by atoms with Gasteiger partial charge in [0.2, 0.25) is 5.91 Å². The van der Waals surface area contributed by atoms with Gasteiger partial charge in [0.15, 0.2) is 0 Å². The van der Waals surface area contributed by atoms with E-state index in [0.29, 0.717) is 5.56 Å². The molecule has 0 unspecified atom stereocenters. The number of ether oxygens (including phenoxy) is 1. The molecule has 0 radical (unpaired) electrons. The molecule has 144 valence electrons. The monoisotopic (exact) mass is 381 g/mol. The van der Waals surface area contributed by atoms with E-state index in [0.717, 1.165) is 5.56 Å². The molecule has 1 N–H and O–H groups in total. The molecule has 27 heavy (non-hydrogen) atoms. The molecule has 0 bridgehead atoms. The van der Waals surface area contributed by atoms with Gasteiger partial charge >= 0.3 is 12.3 Å². The van der Waals surface area contributed by atoms with Crippen molar-refractivity contribution in [2.45, 2.75) is 25.7 Å². The Kier molecular flexibility index (Phi) is 6.44. The van der Waals surface area contributed by atoms with Crippen molar-refractivity contribution in [3.05, 3.63) is 65.2 Å². The highest BCUT2D eigenvalue weighted by molar-refractivity contribution is 5.87. The average molecular weight is 381 g/mol. The fourth-order valence-corrected chi connectivity index (χ4v) is 2.48. The third-order valence-electron chi connectivity index (χ3n) is 3.85. The highest BCUT2D eigenvalue weighted by atomic mass is 19.4. The van der Waals surface area contributed by atoms with Gasteiger partial charge in [-0.3, -0.25) is 4.79 Å². The molecule has 1 amide bonds. The molecule has 0 aliphatic carbocycles. The summed E-state index contributed by atoms with van der Waals surface area (Å²) in [5.41, 5.74) is 1.19. The maximum Gasteiger partial charge on any atom is 0.573 e. The fraction of sp³-hybridized carbons (Fsp3) is 0.263. The first kappa shape index (κ1) is 20.3. The summed E-state index contributed by atoms with van der Waals surface area (Å²) in [6.07, 6.45) is -4.67. The number of carbonyl (C=O) groups excluding carboxylic acids is 1. The zero-order valence-corrected chi connectivity index (χ0v) is 14.5. The predicted molar refractivity (Wildman–Crippen MR) is 91.3 cm³/mol. The first-order valence-corrected chi connectivity index (χ1v) is 8.05. The van der Waals surface area contributed by atoms with E-state index >= 15 is 0 Å². The second-order valence-electron chi connectivity index (χ2n) is 5.91. The summed E-state index contributed by atoms with van der Waals surface area (Å²) in [6, 6.07) is 11.8. The van der Waals surface area contributed by atoms with Crippen molar-refractivity contribution in [3.63, 3.8) is 0 Å². The van der Waals surface area contributed by atoms with E-state index in [2.05, 4.69) is 4.74 Å². The maximum absolute atomic E-state index is 12.4. The van der Waals surface area contributed by atoms with Crippen molar-refractivity contribution in [3.8, 4) is 5.75 Å². The topological polar surface area (TPSA) is 66.8 Å². The molecular formula is C19H18F3NO4. The van der Waals surface area contributed by atoms with Crippen molar-refractivity contribution in [1.82, 2.24) is 4.90 Å². The van der Waals surface area contributed by atoms with Gasteiger partial charge in [-0.15, -0.1) is 13.2 Å². The number of carboxylic acids is 1. The number of benzene rings is 2. The summed E-state index contributed by atoms with van der Waals surface area (Å²) in [5, 5.41) is 8.87. The Morgan fingerprint density at radius 2 is 1.70 bits per heavy atom. The Morgan fingerprint density at radius 1 is 1.07 bits per heavy atom. The summed E-state index contributed by atoms with van der Waals surface area (Å²) >= 11 is 0. The van der Waals surface area contributed by atoms with Gasteiger partial charge in [-0.2, -0.15) is 0 Å². The minimum Gasteiger partial charge on any atom is -0.478 e. The van der Waals surface area contributed by atoms with Crippen LogP contribution in [0.5, 0.6) is 5.75 Å². The summed E-state index contributed by atoms with van der Waals surface area (Å²) in [5.74, 6) is -1.60. The van der Waals surface area contributed by atoms with E-state index in [1.165, 1.54) is 35.2 Å². The Hall–Kier alpha value is -3.03. The predicted octanol–water partition coefficient (Wildman–Crippen LogP) is 3.87. The Morgan fingerprint density at radius 3 is 2.30 bits per heavy atom. The Bertz CT molecular complexity index is 803. The smallest absolute Gasteiger partial charge is 0.478 e. The molecule has 0 heterocycles. The third kappa shape index (κ3) is 6.32. The number of nitrogens with zero attached hydrogens (tertiary/aromatic N) is 1. The van der Waals surface area contributed by atoms with E-state index < -0.39 is 12.3 Å². The van der Waals surface area contributed by atoms with Crippen molar-refractivity contribution < 1.29 is 32.6 Å². The lowest BCUT2D eigenvalue weighted by Gasteiger charge is -2.18. The van der Waals surface area contributed by atoms with Crippen LogP contribution in [-0.4, -0.2) is 35.3 Å². The fourth-order valence-electron chi connectivity index (χ4n) is 2.48. The second kappa shape index (κ2) is 8.57. The SMILES string of the molecule is CN(Cc1ccc(C(=O)O)cc1)C(=O)CCc1ccccc1OC(F)(F)F. The molecular weight excluding hydrogens is 363 g/mol. The highest BCUT2D eigenvalue weighted by Crippen LogP contribution is 2.27. The number of rotatable bonds is 7. The van der Waals surface area contributed by atoms with Crippen molar-refractivity contribution in [2.75, 3.05) is 7.05 Å². The maximum atomic E-state index is 12.4. The van der Waals surface area contributed by atoms with Gasteiger partial charge in [-0.1, -0.05) is 30.3 Å². The molecule has 0 aliphatic heterocycles. The minimum atomic E-state index is -4.79. The van der Waals surface area contributed by atoms with Gasteiger partial charge in [-0.25, -0.2) is 4.79 Å². The number of halogens is 3. The van der Waals surface area contributed by atoms with E-state index in [4.69, 9.17) is 5.11 Å².